The highest BCUT2D eigenvalue weighted by Gasteiger charge is 2.04. The molecule has 0 aromatic carbocycles. The summed E-state index contributed by atoms with van der Waals surface area (Å²) in [5, 5.41) is 1.59. The summed E-state index contributed by atoms with van der Waals surface area (Å²) < 4.78 is 0. The first kappa shape index (κ1) is 12.0. The summed E-state index contributed by atoms with van der Waals surface area (Å²) >= 11 is 1.45. The summed E-state index contributed by atoms with van der Waals surface area (Å²) in [5.74, 6) is 0. The molecule has 5 heteroatoms. The van der Waals surface area contributed by atoms with Crippen LogP contribution in [0.4, 0.5) is 0 Å². The SMILES string of the molecule is Cc1ccnc(Sc2ccc(C(C)N)cn2)n1. The van der Waals surface area contributed by atoms with E-state index in [9.17, 15) is 0 Å². The molecule has 2 aromatic rings. The number of nitrogens with zero attached hydrogens (tertiary/aromatic N) is 3. The molecule has 17 heavy (non-hydrogen) atoms. The number of aryl methyl sites for hydroxylation is 1. The van der Waals surface area contributed by atoms with Crippen LogP contribution in [0.5, 0.6) is 0 Å². The Morgan fingerprint density at radius 1 is 1.24 bits per heavy atom. The Kier molecular flexibility index (Phi) is 3.71. The first-order chi connectivity index (χ1) is 8.15. The predicted octanol–water partition coefficient (Wildman–Crippen LogP) is 2.35. The number of aromatic nitrogens is 3. The van der Waals surface area contributed by atoms with Gasteiger partial charge in [0.25, 0.3) is 0 Å². The molecule has 0 aliphatic carbocycles. The second-order valence-electron chi connectivity index (χ2n) is 3.80. The van der Waals surface area contributed by atoms with Gasteiger partial charge in [0.2, 0.25) is 0 Å². The van der Waals surface area contributed by atoms with Gasteiger partial charge in [0.15, 0.2) is 5.16 Å². The molecule has 2 rings (SSSR count). The van der Waals surface area contributed by atoms with Crippen LogP contribution < -0.4 is 5.73 Å². The number of rotatable bonds is 3. The maximum atomic E-state index is 5.76. The van der Waals surface area contributed by atoms with Crippen molar-refractivity contribution in [3.63, 3.8) is 0 Å². The van der Waals surface area contributed by atoms with Gasteiger partial charge in [0, 0.05) is 24.1 Å². The van der Waals surface area contributed by atoms with E-state index >= 15 is 0 Å². The average molecular weight is 246 g/mol. The van der Waals surface area contributed by atoms with Gasteiger partial charge >= 0.3 is 0 Å². The molecule has 2 aromatic heterocycles. The molecular weight excluding hydrogens is 232 g/mol. The standard InChI is InChI=1S/C12H14N4S/c1-8-5-6-14-12(16-8)17-11-4-3-10(7-15-11)9(2)13/h3-7,9H,13H2,1-2H3. The molecule has 0 fully saturated rings. The first-order valence-corrected chi connectivity index (χ1v) is 6.16. The Morgan fingerprint density at radius 2 is 2.06 bits per heavy atom. The molecule has 0 saturated carbocycles. The smallest absolute Gasteiger partial charge is 0.194 e. The van der Waals surface area contributed by atoms with Gasteiger partial charge in [-0.05, 0) is 43.3 Å². The third kappa shape index (κ3) is 3.25. The molecule has 0 saturated heterocycles. The van der Waals surface area contributed by atoms with E-state index in [4.69, 9.17) is 5.73 Å². The second kappa shape index (κ2) is 5.25. The van der Waals surface area contributed by atoms with E-state index in [1.54, 1.807) is 12.4 Å². The fraction of sp³-hybridized carbons (Fsp3) is 0.250. The summed E-state index contributed by atoms with van der Waals surface area (Å²) in [6.45, 7) is 3.88. The molecule has 1 atom stereocenters. The highest BCUT2D eigenvalue weighted by molar-refractivity contribution is 7.99. The van der Waals surface area contributed by atoms with Crippen molar-refractivity contribution < 1.29 is 0 Å². The molecular formula is C12H14N4S. The van der Waals surface area contributed by atoms with E-state index in [-0.39, 0.29) is 6.04 Å². The summed E-state index contributed by atoms with van der Waals surface area (Å²) in [5.41, 5.74) is 7.75. The Hall–Kier alpha value is -1.46. The van der Waals surface area contributed by atoms with Gasteiger partial charge in [-0.3, -0.25) is 0 Å². The van der Waals surface area contributed by atoms with Gasteiger partial charge in [0.05, 0.1) is 0 Å². The van der Waals surface area contributed by atoms with Gasteiger partial charge in [-0.15, -0.1) is 0 Å². The van der Waals surface area contributed by atoms with Crippen molar-refractivity contribution >= 4 is 11.8 Å². The van der Waals surface area contributed by atoms with Gasteiger partial charge in [0.1, 0.15) is 5.03 Å². The molecule has 0 aliphatic heterocycles. The quantitative estimate of drug-likeness (QED) is 0.842. The summed E-state index contributed by atoms with van der Waals surface area (Å²) in [6, 6.07) is 5.80. The first-order valence-electron chi connectivity index (χ1n) is 5.34. The van der Waals surface area contributed by atoms with Crippen molar-refractivity contribution in [3.05, 3.63) is 41.9 Å². The highest BCUT2D eigenvalue weighted by Crippen LogP contribution is 2.23. The van der Waals surface area contributed by atoms with Crippen molar-refractivity contribution in [2.24, 2.45) is 5.73 Å². The van der Waals surface area contributed by atoms with Crippen molar-refractivity contribution in [3.8, 4) is 0 Å². The van der Waals surface area contributed by atoms with Gasteiger partial charge in [-0.25, -0.2) is 15.0 Å². The van der Waals surface area contributed by atoms with Crippen LogP contribution in [0.25, 0.3) is 0 Å². The fourth-order valence-electron chi connectivity index (χ4n) is 1.29. The van der Waals surface area contributed by atoms with Gasteiger partial charge in [-0.2, -0.15) is 0 Å². The zero-order valence-corrected chi connectivity index (χ0v) is 10.6. The van der Waals surface area contributed by atoms with Gasteiger partial charge in [-0.1, -0.05) is 6.07 Å². The third-order valence-corrected chi connectivity index (χ3v) is 3.08. The molecule has 2 N–H and O–H groups in total. The number of hydrogen-bond acceptors (Lipinski definition) is 5. The lowest BCUT2D eigenvalue weighted by Gasteiger charge is -2.05. The zero-order chi connectivity index (χ0) is 12.3. The summed E-state index contributed by atoms with van der Waals surface area (Å²) in [4.78, 5) is 12.8. The van der Waals surface area contributed by atoms with E-state index in [1.165, 1.54) is 11.8 Å². The number of hydrogen-bond donors (Lipinski definition) is 1. The van der Waals surface area contributed by atoms with E-state index in [0.29, 0.717) is 5.16 Å². The summed E-state index contributed by atoms with van der Waals surface area (Å²) in [6.07, 6.45) is 3.55. The minimum absolute atomic E-state index is 0.0109. The Bertz CT molecular complexity index is 496. The molecule has 0 aliphatic rings. The Labute approximate surface area is 105 Å². The van der Waals surface area contributed by atoms with Crippen molar-refractivity contribution in [2.75, 3.05) is 0 Å². The van der Waals surface area contributed by atoms with Crippen LogP contribution in [0, 0.1) is 6.92 Å². The molecule has 88 valence electrons. The molecule has 4 nitrogen and oxygen atoms in total. The Balaban J connectivity index is 2.14. The van der Waals surface area contributed by atoms with Crippen LogP contribution in [0.3, 0.4) is 0 Å². The van der Waals surface area contributed by atoms with Crippen LogP contribution in [0.2, 0.25) is 0 Å². The minimum Gasteiger partial charge on any atom is -0.324 e. The van der Waals surface area contributed by atoms with E-state index in [1.807, 2.05) is 32.0 Å². The molecule has 0 amide bonds. The molecule has 1 unspecified atom stereocenters. The van der Waals surface area contributed by atoms with Gasteiger partial charge < -0.3 is 5.73 Å². The molecule has 0 radical (unpaired) electrons. The monoisotopic (exact) mass is 246 g/mol. The van der Waals surface area contributed by atoms with Crippen LogP contribution in [0.1, 0.15) is 24.2 Å². The topological polar surface area (TPSA) is 64.7 Å². The van der Waals surface area contributed by atoms with E-state index in [2.05, 4.69) is 15.0 Å². The zero-order valence-electron chi connectivity index (χ0n) is 9.79. The van der Waals surface area contributed by atoms with Crippen LogP contribution in [-0.4, -0.2) is 15.0 Å². The second-order valence-corrected chi connectivity index (χ2v) is 4.79. The summed E-state index contributed by atoms with van der Waals surface area (Å²) in [7, 11) is 0. The number of nitrogens with two attached hydrogens (primary N) is 1. The largest absolute Gasteiger partial charge is 0.324 e. The van der Waals surface area contributed by atoms with Crippen LogP contribution >= 0.6 is 11.8 Å². The molecule has 2 heterocycles. The van der Waals surface area contributed by atoms with Crippen molar-refractivity contribution in [1.29, 1.82) is 0 Å². The van der Waals surface area contributed by atoms with E-state index in [0.717, 1.165) is 16.3 Å². The molecule has 0 spiro atoms. The van der Waals surface area contributed by atoms with Crippen molar-refractivity contribution in [1.82, 2.24) is 15.0 Å². The maximum absolute atomic E-state index is 5.76. The van der Waals surface area contributed by atoms with Crippen molar-refractivity contribution in [2.45, 2.75) is 30.1 Å². The lowest BCUT2D eigenvalue weighted by Crippen LogP contribution is -2.05. The van der Waals surface area contributed by atoms with Crippen LogP contribution in [0.15, 0.2) is 40.8 Å². The fourth-order valence-corrected chi connectivity index (χ4v) is 2.02. The minimum atomic E-state index is 0.0109. The normalized spacial score (nSPS) is 12.4. The highest BCUT2D eigenvalue weighted by atomic mass is 32.2. The molecule has 0 bridgehead atoms. The maximum Gasteiger partial charge on any atom is 0.194 e. The predicted molar refractivity (Wildman–Crippen MR) is 67.7 cm³/mol. The van der Waals surface area contributed by atoms with Crippen LogP contribution in [-0.2, 0) is 0 Å². The average Bonchev–Trinajstić information content (AvgIpc) is 2.29. The lowest BCUT2D eigenvalue weighted by atomic mass is 10.2. The third-order valence-electron chi connectivity index (χ3n) is 2.25. The Morgan fingerprint density at radius 3 is 2.65 bits per heavy atom. The van der Waals surface area contributed by atoms with E-state index < -0.39 is 0 Å². The number of pyridine rings is 1. The lowest BCUT2D eigenvalue weighted by molar-refractivity contribution is 0.806.